The van der Waals surface area contributed by atoms with Gasteiger partial charge in [0.1, 0.15) is 0 Å². The molecule has 1 aliphatic carbocycles. The van der Waals surface area contributed by atoms with Crippen LogP contribution in [0.1, 0.15) is 52.4 Å². The molecule has 104 valence electrons. The molecule has 0 heterocycles. The Labute approximate surface area is 108 Å². The first-order valence-corrected chi connectivity index (χ1v) is 6.87. The zero-order valence-corrected chi connectivity index (χ0v) is 11.3. The molecule has 1 aliphatic rings. The van der Waals surface area contributed by atoms with Gasteiger partial charge < -0.3 is 10.2 Å². The third-order valence-corrected chi connectivity index (χ3v) is 3.99. The van der Waals surface area contributed by atoms with Gasteiger partial charge in [0.05, 0.1) is 11.8 Å². The van der Waals surface area contributed by atoms with E-state index in [0.29, 0.717) is 24.7 Å². The number of hydrogen-bond acceptors (Lipinski definition) is 2. The van der Waals surface area contributed by atoms with Gasteiger partial charge in [0, 0.05) is 0 Å². The largest absolute Gasteiger partial charge is 0.481 e. The van der Waals surface area contributed by atoms with E-state index in [2.05, 4.69) is 13.8 Å². The van der Waals surface area contributed by atoms with Gasteiger partial charge in [0.25, 0.3) is 0 Å². The third kappa shape index (κ3) is 4.31. The molecule has 0 unspecified atom stereocenters. The van der Waals surface area contributed by atoms with Crippen LogP contribution >= 0.6 is 0 Å². The predicted molar refractivity (Wildman–Crippen MR) is 68.3 cm³/mol. The highest BCUT2D eigenvalue weighted by molar-refractivity contribution is 5.80. The van der Waals surface area contributed by atoms with Crippen LogP contribution in [0, 0.1) is 23.7 Å². The molecule has 1 fully saturated rings. The van der Waals surface area contributed by atoms with Crippen molar-refractivity contribution >= 4 is 11.9 Å². The highest BCUT2D eigenvalue weighted by Gasteiger charge is 2.39. The summed E-state index contributed by atoms with van der Waals surface area (Å²) in [7, 11) is 0. The highest BCUT2D eigenvalue weighted by atomic mass is 16.4. The molecule has 0 saturated heterocycles. The predicted octanol–water partition coefficient (Wildman–Crippen LogP) is 3.01. The van der Waals surface area contributed by atoms with E-state index >= 15 is 0 Å². The molecule has 4 heteroatoms. The second-order valence-corrected chi connectivity index (χ2v) is 5.89. The number of aliphatic carboxylic acids is 2. The van der Waals surface area contributed by atoms with Crippen LogP contribution in [0.3, 0.4) is 0 Å². The maximum atomic E-state index is 11.1. The molecule has 0 bridgehead atoms. The maximum Gasteiger partial charge on any atom is 0.307 e. The van der Waals surface area contributed by atoms with E-state index in [-0.39, 0.29) is 0 Å². The lowest BCUT2D eigenvalue weighted by Gasteiger charge is -2.31. The standard InChI is InChI=1S/C14H24O4/c1-9(2)4-3-5-10-6-7-11(13(15)16)12(8-10)14(17)18/h9-12H,3-8H2,1-2H3,(H,15,16)(H,17,18)/t10-,11-,12+/m0/s1. The minimum absolute atomic E-state index is 0.389. The molecule has 0 spiro atoms. The van der Waals surface area contributed by atoms with Crippen LogP contribution in [0.25, 0.3) is 0 Å². The van der Waals surface area contributed by atoms with Gasteiger partial charge in [-0.1, -0.05) is 33.1 Å². The molecule has 2 N–H and O–H groups in total. The second-order valence-electron chi connectivity index (χ2n) is 5.89. The van der Waals surface area contributed by atoms with Crippen molar-refractivity contribution in [2.45, 2.75) is 52.4 Å². The lowest BCUT2D eigenvalue weighted by atomic mass is 9.72. The van der Waals surface area contributed by atoms with Crippen LogP contribution in [0.2, 0.25) is 0 Å². The van der Waals surface area contributed by atoms with Crippen LogP contribution in [0.15, 0.2) is 0 Å². The fourth-order valence-electron chi connectivity index (χ4n) is 2.90. The topological polar surface area (TPSA) is 74.6 Å². The van der Waals surface area contributed by atoms with Crippen LogP contribution in [0.5, 0.6) is 0 Å². The van der Waals surface area contributed by atoms with Crippen molar-refractivity contribution in [1.29, 1.82) is 0 Å². The Bertz CT molecular complexity index is 298. The first-order valence-electron chi connectivity index (χ1n) is 6.87. The SMILES string of the molecule is CC(C)CCC[C@H]1CC[C@H](C(=O)O)[C@H](C(=O)O)C1. The quantitative estimate of drug-likeness (QED) is 0.766. The molecule has 0 aromatic rings. The fraction of sp³-hybridized carbons (Fsp3) is 0.857. The molecular weight excluding hydrogens is 232 g/mol. The molecule has 0 radical (unpaired) electrons. The molecule has 0 aromatic carbocycles. The van der Waals surface area contributed by atoms with E-state index < -0.39 is 23.8 Å². The van der Waals surface area contributed by atoms with Gasteiger partial charge in [0.2, 0.25) is 0 Å². The summed E-state index contributed by atoms with van der Waals surface area (Å²) in [6.07, 6.45) is 5.22. The first-order chi connectivity index (χ1) is 8.41. The van der Waals surface area contributed by atoms with Gasteiger partial charge in [-0.3, -0.25) is 9.59 Å². The summed E-state index contributed by atoms with van der Waals surface area (Å²) in [5, 5.41) is 18.2. The molecule has 4 nitrogen and oxygen atoms in total. The monoisotopic (exact) mass is 256 g/mol. The normalized spacial score (nSPS) is 28.3. The summed E-state index contributed by atoms with van der Waals surface area (Å²) < 4.78 is 0. The van der Waals surface area contributed by atoms with E-state index in [0.717, 1.165) is 25.7 Å². The van der Waals surface area contributed by atoms with Crippen LogP contribution < -0.4 is 0 Å². The van der Waals surface area contributed by atoms with Crippen molar-refractivity contribution in [1.82, 2.24) is 0 Å². The van der Waals surface area contributed by atoms with Crippen molar-refractivity contribution in [2.24, 2.45) is 23.7 Å². The summed E-state index contributed by atoms with van der Waals surface area (Å²) in [6, 6.07) is 0. The van der Waals surface area contributed by atoms with Crippen molar-refractivity contribution in [3.8, 4) is 0 Å². The van der Waals surface area contributed by atoms with Gasteiger partial charge in [-0.05, 0) is 31.1 Å². The van der Waals surface area contributed by atoms with Crippen molar-refractivity contribution in [3.05, 3.63) is 0 Å². The maximum absolute atomic E-state index is 11.1. The lowest BCUT2D eigenvalue weighted by molar-refractivity contribution is -0.156. The van der Waals surface area contributed by atoms with E-state index in [9.17, 15) is 9.59 Å². The summed E-state index contributed by atoms with van der Waals surface area (Å²) in [5.74, 6) is -2.22. The molecule has 1 saturated carbocycles. The lowest BCUT2D eigenvalue weighted by Crippen LogP contribution is -2.35. The molecule has 3 atom stereocenters. The molecule has 1 rings (SSSR count). The Morgan fingerprint density at radius 2 is 1.72 bits per heavy atom. The van der Waals surface area contributed by atoms with Gasteiger partial charge in [0.15, 0.2) is 0 Å². The summed E-state index contributed by atoms with van der Waals surface area (Å²) >= 11 is 0. The number of rotatable bonds is 6. The fourth-order valence-corrected chi connectivity index (χ4v) is 2.90. The average molecular weight is 256 g/mol. The Morgan fingerprint density at radius 1 is 1.11 bits per heavy atom. The van der Waals surface area contributed by atoms with Crippen LogP contribution in [0.4, 0.5) is 0 Å². The van der Waals surface area contributed by atoms with Gasteiger partial charge in [-0.15, -0.1) is 0 Å². The van der Waals surface area contributed by atoms with Gasteiger partial charge in [-0.2, -0.15) is 0 Å². The smallest absolute Gasteiger partial charge is 0.307 e. The van der Waals surface area contributed by atoms with Gasteiger partial charge in [-0.25, -0.2) is 0 Å². The number of carboxylic acids is 2. The summed E-state index contributed by atoms with van der Waals surface area (Å²) in [4.78, 5) is 22.1. The minimum Gasteiger partial charge on any atom is -0.481 e. The average Bonchev–Trinajstić information content (AvgIpc) is 2.28. The Kier molecular flexibility index (Phi) is 5.63. The molecular formula is C14H24O4. The number of hydrogen-bond donors (Lipinski definition) is 2. The molecule has 0 aromatic heterocycles. The minimum atomic E-state index is -0.956. The van der Waals surface area contributed by atoms with Crippen LogP contribution in [-0.2, 0) is 9.59 Å². The molecule has 0 amide bonds. The Morgan fingerprint density at radius 3 is 2.22 bits per heavy atom. The third-order valence-electron chi connectivity index (χ3n) is 3.99. The number of carbonyl (C=O) groups is 2. The second kappa shape index (κ2) is 6.76. The Balaban J connectivity index is 2.47. The molecule has 18 heavy (non-hydrogen) atoms. The van der Waals surface area contributed by atoms with Crippen molar-refractivity contribution in [3.63, 3.8) is 0 Å². The number of carboxylic acid groups (broad SMARTS) is 2. The van der Waals surface area contributed by atoms with E-state index in [4.69, 9.17) is 10.2 Å². The zero-order chi connectivity index (χ0) is 13.7. The highest BCUT2D eigenvalue weighted by Crippen LogP contribution is 2.37. The molecule has 0 aliphatic heterocycles. The van der Waals surface area contributed by atoms with E-state index in [1.165, 1.54) is 0 Å². The first kappa shape index (κ1) is 15.0. The summed E-state index contributed by atoms with van der Waals surface area (Å²) in [5.41, 5.74) is 0. The van der Waals surface area contributed by atoms with E-state index in [1.54, 1.807) is 0 Å². The summed E-state index contributed by atoms with van der Waals surface area (Å²) in [6.45, 7) is 4.36. The van der Waals surface area contributed by atoms with Crippen LogP contribution in [-0.4, -0.2) is 22.2 Å². The van der Waals surface area contributed by atoms with Crippen molar-refractivity contribution in [2.75, 3.05) is 0 Å². The van der Waals surface area contributed by atoms with E-state index in [1.807, 2.05) is 0 Å². The van der Waals surface area contributed by atoms with Gasteiger partial charge >= 0.3 is 11.9 Å². The Hall–Kier alpha value is -1.06. The van der Waals surface area contributed by atoms with Crippen molar-refractivity contribution < 1.29 is 19.8 Å². The zero-order valence-electron chi connectivity index (χ0n) is 11.3.